The van der Waals surface area contributed by atoms with Crippen molar-refractivity contribution in [2.24, 2.45) is 12.2 Å². The summed E-state index contributed by atoms with van der Waals surface area (Å²) in [5.74, 6) is -1.17. The van der Waals surface area contributed by atoms with Crippen molar-refractivity contribution in [3.8, 4) is 0 Å². The number of H-pyrrole nitrogens is 1. The van der Waals surface area contributed by atoms with E-state index >= 15 is 0 Å². The van der Waals surface area contributed by atoms with Crippen LogP contribution in [-0.4, -0.2) is 42.6 Å². The Morgan fingerprint density at radius 2 is 1.97 bits per heavy atom. The van der Waals surface area contributed by atoms with Gasteiger partial charge in [-0.3, -0.25) is 19.4 Å². The average Bonchev–Trinajstić information content (AvgIpc) is 3.22. The maximum atomic E-state index is 13.3. The molecule has 3 rings (SSSR count). The van der Waals surface area contributed by atoms with E-state index in [1.165, 1.54) is 6.92 Å². The summed E-state index contributed by atoms with van der Waals surface area (Å²) in [6.45, 7) is 1.59. The van der Waals surface area contributed by atoms with Gasteiger partial charge in [-0.25, -0.2) is 8.42 Å². The highest BCUT2D eigenvalue weighted by molar-refractivity contribution is 7.90. The van der Waals surface area contributed by atoms with Gasteiger partial charge in [0.25, 0.3) is 5.56 Å². The Labute approximate surface area is 162 Å². The lowest BCUT2D eigenvalue weighted by Crippen LogP contribution is -2.23. The number of benzene rings is 1. The van der Waals surface area contributed by atoms with E-state index in [0.29, 0.717) is 4.68 Å². The molecule has 1 aliphatic rings. The molecule has 0 atom stereocenters. The molecule has 1 aliphatic heterocycles. The summed E-state index contributed by atoms with van der Waals surface area (Å²) in [6, 6.07) is 2.22. The number of nitrogens with one attached hydrogen (secondary N) is 1. The van der Waals surface area contributed by atoms with E-state index in [0.717, 1.165) is 25.4 Å². The highest BCUT2D eigenvalue weighted by Gasteiger charge is 2.40. The molecule has 8 nitrogen and oxygen atoms in total. The molecule has 2 heterocycles. The first-order valence-corrected chi connectivity index (χ1v) is 10.2. The van der Waals surface area contributed by atoms with Gasteiger partial charge in [0.1, 0.15) is 12.2 Å². The molecule has 0 amide bonds. The minimum absolute atomic E-state index is 0.0942. The maximum absolute atomic E-state index is 13.3. The summed E-state index contributed by atoms with van der Waals surface area (Å²) in [5.41, 5.74) is -3.46. The second-order valence-corrected chi connectivity index (χ2v) is 8.54. The van der Waals surface area contributed by atoms with Crippen LogP contribution < -0.4 is 5.56 Å². The van der Waals surface area contributed by atoms with Gasteiger partial charge in [0.15, 0.2) is 15.5 Å². The fraction of sp³-hybridized carbons (Fsp3) is 0.353. The predicted octanol–water partition coefficient (Wildman–Crippen LogP) is 1.80. The van der Waals surface area contributed by atoms with E-state index in [9.17, 15) is 31.2 Å². The van der Waals surface area contributed by atoms with Crippen molar-refractivity contribution in [3.05, 3.63) is 50.4 Å². The van der Waals surface area contributed by atoms with E-state index < -0.39 is 38.6 Å². The van der Waals surface area contributed by atoms with Crippen molar-refractivity contribution in [2.45, 2.75) is 24.4 Å². The number of hydrogen-bond acceptors (Lipinski definition) is 6. The Kier molecular flexibility index (Phi) is 4.93. The van der Waals surface area contributed by atoms with Gasteiger partial charge in [-0.15, -0.1) is 0 Å². The van der Waals surface area contributed by atoms with Crippen LogP contribution in [0, 0.1) is 6.92 Å². The summed E-state index contributed by atoms with van der Waals surface area (Å²) in [4.78, 5) is 29.9. The van der Waals surface area contributed by atoms with Crippen LogP contribution >= 0.6 is 0 Å². The number of nitrogens with zero attached hydrogens (tertiary/aromatic N) is 2. The Bertz CT molecular complexity index is 1210. The van der Waals surface area contributed by atoms with Gasteiger partial charge < -0.3 is 4.84 Å². The second-order valence-electron chi connectivity index (χ2n) is 6.56. The number of sulfone groups is 1. The molecule has 0 fully saturated rings. The van der Waals surface area contributed by atoms with Crippen LogP contribution in [0.1, 0.15) is 39.2 Å². The number of carbonyl (C=O) groups excluding carboxylic acids is 1. The highest BCUT2D eigenvalue weighted by Crippen LogP contribution is 2.32. The lowest BCUT2D eigenvalue weighted by molar-refractivity contribution is -0.141. The second kappa shape index (κ2) is 6.87. The third-order valence-electron chi connectivity index (χ3n) is 4.52. The topological polar surface area (TPSA) is 111 Å². The summed E-state index contributed by atoms with van der Waals surface area (Å²) in [6.07, 6.45) is -3.73. The molecule has 29 heavy (non-hydrogen) atoms. The summed E-state index contributed by atoms with van der Waals surface area (Å²) < 4.78 is 64.8. The number of rotatable bonds is 4. The Morgan fingerprint density at radius 3 is 2.48 bits per heavy atom. The Balaban J connectivity index is 2.28. The van der Waals surface area contributed by atoms with Crippen molar-refractivity contribution in [3.63, 3.8) is 0 Å². The molecule has 0 aliphatic carbocycles. The number of alkyl halides is 3. The third kappa shape index (κ3) is 3.59. The van der Waals surface area contributed by atoms with Gasteiger partial charge in [0.2, 0.25) is 5.78 Å². The molecule has 0 saturated carbocycles. The maximum Gasteiger partial charge on any atom is 0.433 e. The number of carbonyl (C=O) groups is 1. The molecule has 12 heteroatoms. The Morgan fingerprint density at radius 1 is 1.31 bits per heavy atom. The predicted molar refractivity (Wildman–Crippen MR) is 95.9 cm³/mol. The fourth-order valence-corrected chi connectivity index (χ4v) is 4.14. The fourth-order valence-electron chi connectivity index (χ4n) is 3.18. The first-order chi connectivity index (χ1) is 13.3. The molecule has 0 radical (unpaired) electrons. The lowest BCUT2D eigenvalue weighted by Gasteiger charge is -2.14. The van der Waals surface area contributed by atoms with E-state index in [-0.39, 0.29) is 40.3 Å². The number of ketones is 1. The van der Waals surface area contributed by atoms with Gasteiger partial charge >= 0.3 is 6.18 Å². The molecule has 1 aromatic heterocycles. The van der Waals surface area contributed by atoms with Gasteiger partial charge in [-0.05, 0) is 24.6 Å². The van der Waals surface area contributed by atoms with E-state index in [2.05, 4.69) is 5.16 Å². The van der Waals surface area contributed by atoms with Crippen LogP contribution in [-0.2, 0) is 27.9 Å². The van der Waals surface area contributed by atoms with E-state index in [1.807, 2.05) is 5.10 Å². The molecular weight excluding hydrogens is 415 g/mol. The Hall–Kier alpha value is -2.89. The van der Waals surface area contributed by atoms with Gasteiger partial charge in [0.05, 0.1) is 10.6 Å². The van der Waals surface area contributed by atoms with Crippen LogP contribution in [0.2, 0.25) is 0 Å². The molecule has 0 bridgehead atoms. The van der Waals surface area contributed by atoms with E-state index in [1.54, 1.807) is 0 Å². The number of hydrogen-bond donors (Lipinski definition) is 1. The summed E-state index contributed by atoms with van der Waals surface area (Å²) in [7, 11) is -2.68. The molecule has 1 aromatic carbocycles. The molecule has 0 spiro atoms. The van der Waals surface area contributed by atoms with Gasteiger partial charge in [-0.1, -0.05) is 5.16 Å². The minimum Gasteiger partial charge on any atom is -0.395 e. The quantitative estimate of drug-likeness (QED) is 0.743. The molecular formula is C17H16F3N3O5S. The van der Waals surface area contributed by atoms with Gasteiger partial charge in [0, 0.05) is 30.9 Å². The van der Waals surface area contributed by atoms with Crippen LogP contribution in [0.25, 0.3) is 0 Å². The van der Waals surface area contributed by atoms with Gasteiger partial charge in [-0.2, -0.15) is 13.2 Å². The normalized spacial score (nSPS) is 14.6. The smallest absolute Gasteiger partial charge is 0.395 e. The summed E-state index contributed by atoms with van der Waals surface area (Å²) >= 11 is 0. The lowest BCUT2D eigenvalue weighted by atomic mass is 9.92. The number of aromatic nitrogens is 2. The SMILES string of the molecule is Cc1c(C(=O)c2c(C(F)(F)F)[nH]n(C)c2=O)ccc(S(C)(=O)=O)c1C1=NOCC1. The van der Waals surface area contributed by atoms with Crippen LogP contribution in [0.3, 0.4) is 0 Å². The minimum atomic E-state index is -4.96. The molecule has 1 N–H and O–H groups in total. The molecule has 156 valence electrons. The highest BCUT2D eigenvalue weighted by atomic mass is 32.2. The van der Waals surface area contributed by atoms with E-state index in [4.69, 9.17) is 4.84 Å². The largest absolute Gasteiger partial charge is 0.433 e. The van der Waals surface area contributed by atoms with Crippen LogP contribution in [0.15, 0.2) is 27.0 Å². The zero-order valence-corrected chi connectivity index (χ0v) is 16.4. The molecule has 2 aromatic rings. The van der Waals surface area contributed by atoms with Crippen LogP contribution in [0.5, 0.6) is 0 Å². The van der Waals surface area contributed by atoms with Crippen molar-refractivity contribution in [1.82, 2.24) is 9.78 Å². The van der Waals surface area contributed by atoms with Crippen molar-refractivity contribution in [1.29, 1.82) is 0 Å². The number of aromatic amines is 1. The monoisotopic (exact) mass is 431 g/mol. The average molecular weight is 431 g/mol. The first-order valence-electron chi connectivity index (χ1n) is 8.27. The molecule has 0 unspecified atom stereocenters. The van der Waals surface area contributed by atoms with Crippen LogP contribution in [0.4, 0.5) is 13.2 Å². The number of halogens is 3. The summed E-state index contributed by atoms with van der Waals surface area (Å²) in [5, 5.41) is 5.63. The van der Waals surface area contributed by atoms with Crippen molar-refractivity contribution in [2.75, 3.05) is 12.9 Å². The van der Waals surface area contributed by atoms with Crippen molar-refractivity contribution >= 4 is 21.3 Å². The first kappa shape index (κ1) is 20.8. The number of aryl methyl sites for hydroxylation is 1. The zero-order valence-electron chi connectivity index (χ0n) is 15.5. The van der Waals surface area contributed by atoms with Crippen molar-refractivity contribution < 1.29 is 31.2 Å². The number of oxime groups is 1. The molecule has 0 saturated heterocycles. The third-order valence-corrected chi connectivity index (χ3v) is 5.66. The standard InChI is InChI=1S/C17H16F3N3O5S/c1-8-9(14(24)13-15(17(18,19)20)21-23(2)16(13)25)4-5-11(29(3,26)27)12(8)10-6-7-28-22-10/h4-5,21H,6-7H2,1-3H3. The zero-order chi connectivity index (χ0) is 21.7.